The first-order valence-electron chi connectivity index (χ1n) is 1.10. The van der Waals surface area contributed by atoms with Crippen LogP contribution in [0.4, 0.5) is 0 Å². The molecule has 1 rings (SSSR count). The Morgan fingerprint density at radius 1 is 1.25 bits per heavy atom. The van der Waals surface area contributed by atoms with Gasteiger partial charge in [-0.15, -0.1) is 0 Å². The van der Waals surface area contributed by atoms with Crippen LogP contribution in [-0.4, -0.2) is 4.89 Å². The second kappa shape index (κ2) is 2.58. The number of hydrogen-bond donors (Lipinski definition) is 1. The normalized spacial score (nSPS) is 32.1. The third-order valence-electron chi connectivity index (χ3n) is 0.263. The van der Waals surface area contributed by atoms with Crippen LogP contribution in [-0.2, 0) is 47.2 Å². The summed E-state index contributed by atoms with van der Waals surface area (Å²) in [5.74, 6) is 0. The Bertz CT molecular complexity index is 76.2. The molecule has 0 aromatic heterocycles. The first-order chi connectivity index (χ1) is 2.47. The maximum atomic E-state index is 9.48. The van der Waals surface area contributed by atoms with Crippen LogP contribution >= 0.6 is 7.74 Å². The van der Waals surface area contributed by atoms with E-state index >= 15 is 0 Å². The van der Waals surface area contributed by atoms with Crippen molar-refractivity contribution in [3.63, 3.8) is 0 Å². The summed E-state index contributed by atoms with van der Waals surface area (Å²) in [4.78, 5) is 26.6. The molecule has 1 N–H and O–H groups in total. The fourth-order valence-electron chi connectivity index (χ4n) is 0.0421. The topological polar surface area (TPSA) is 91.4 Å². The molecule has 0 spiro atoms. The van der Waals surface area contributed by atoms with Crippen molar-refractivity contribution >= 4 is 7.74 Å². The predicted molar refractivity (Wildman–Crippen MR) is 11.3 cm³/mol. The van der Waals surface area contributed by atoms with E-state index in [2.05, 4.69) is 9.35 Å². The second-order valence-electron chi connectivity index (χ2n) is 0.923. The van der Waals surface area contributed by atoms with E-state index in [-0.39, 0.29) is 37.8 Å². The van der Waals surface area contributed by atoms with Crippen molar-refractivity contribution < 1.29 is 61.9 Å². The SMILES string of the molecule is [Co+2].[Mo].[O-]P1([O-])(O)OO1. The first-order valence-corrected chi connectivity index (χ1v) is 2.96. The van der Waals surface area contributed by atoms with Gasteiger partial charge >= 0.3 is 48.5 Å². The van der Waals surface area contributed by atoms with E-state index in [9.17, 15) is 9.79 Å². The molecule has 1 radical (unpaired) electrons. The van der Waals surface area contributed by atoms with Crippen LogP contribution in [0.15, 0.2) is 0 Å². The summed E-state index contributed by atoms with van der Waals surface area (Å²) in [6, 6.07) is 0. The molecule has 0 saturated carbocycles. The molecule has 1 aliphatic heterocycles. The van der Waals surface area contributed by atoms with Crippen molar-refractivity contribution in [2.75, 3.05) is 0 Å². The average molecular weight is 267 g/mol. The van der Waals surface area contributed by atoms with Gasteiger partial charge in [0.25, 0.3) is 0 Å². The van der Waals surface area contributed by atoms with Crippen LogP contribution in [0.3, 0.4) is 0 Å². The quantitative estimate of drug-likeness (QED) is 0.232. The molecule has 0 amide bonds. The standard InChI is InChI=1S/Co.Mo.HO5P/c;;1-6(2,3)4-5-6/h;;1H/q+2;;-2. The Morgan fingerprint density at radius 2 is 1.38 bits per heavy atom. The van der Waals surface area contributed by atoms with Crippen LogP contribution in [0.2, 0.25) is 0 Å². The molecular formula is HCoMoO5P. The van der Waals surface area contributed by atoms with Crippen LogP contribution < -0.4 is 9.79 Å². The zero-order valence-electron chi connectivity index (χ0n) is 3.27. The maximum absolute atomic E-state index is 9.48. The Kier molecular flexibility index (Phi) is 3.91. The van der Waals surface area contributed by atoms with Gasteiger partial charge in [-0.05, 0) is 0 Å². The van der Waals surface area contributed by atoms with E-state index in [4.69, 9.17) is 4.89 Å². The summed E-state index contributed by atoms with van der Waals surface area (Å²) in [5.41, 5.74) is 0. The van der Waals surface area contributed by atoms with E-state index in [1.807, 2.05) is 0 Å². The van der Waals surface area contributed by atoms with Crippen LogP contribution in [0.25, 0.3) is 0 Å². The van der Waals surface area contributed by atoms with E-state index in [0.717, 1.165) is 0 Å². The van der Waals surface area contributed by atoms with Gasteiger partial charge in [0, 0.05) is 21.1 Å². The van der Waals surface area contributed by atoms with Crippen LogP contribution in [0, 0.1) is 0 Å². The zero-order chi connectivity index (χ0) is 4.86. The summed E-state index contributed by atoms with van der Waals surface area (Å²) in [6.07, 6.45) is 0. The monoisotopic (exact) mass is 269 g/mol. The first kappa shape index (κ1) is 12.1. The fraction of sp³-hybridized carbons (Fsp3) is 0. The van der Waals surface area contributed by atoms with E-state index in [0.29, 0.717) is 0 Å². The average Bonchev–Trinajstić information content (AvgIpc) is 1.73. The molecule has 1 fully saturated rings. The van der Waals surface area contributed by atoms with Crippen molar-refractivity contribution in [1.29, 1.82) is 0 Å². The fourth-order valence-corrected chi connectivity index (χ4v) is 0.379. The Balaban J connectivity index is 0. The zero-order valence-corrected chi connectivity index (χ0v) is 7.21. The Hall–Kier alpha value is 1.42. The van der Waals surface area contributed by atoms with Gasteiger partial charge in [0.15, 0.2) is 0 Å². The summed E-state index contributed by atoms with van der Waals surface area (Å²) in [7, 11) is -5.30. The molecule has 8 heavy (non-hydrogen) atoms. The Morgan fingerprint density at radius 3 is 1.38 bits per heavy atom. The molecule has 1 heterocycles. The van der Waals surface area contributed by atoms with Gasteiger partial charge < -0.3 is 0 Å². The minimum atomic E-state index is -5.30. The Labute approximate surface area is 69.7 Å². The molecule has 0 atom stereocenters. The van der Waals surface area contributed by atoms with Crippen molar-refractivity contribution in [2.24, 2.45) is 0 Å². The van der Waals surface area contributed by atoms with Gasteiger partial charge in [0.2, 0.25) is 0 Å². The van der Waals surface area contributed by atoms with Gasteiger partial charge in [0.1, 0.15) is 0 Å². The molecule has 0 bridgehead atoms. The van der Waals surface area contributed by atoms with E-state index in [1.165, 1.54) is 0 Å². The molecule has 0 unspecified atom stereocenters. The number of hydrogen-bond acceptors (Lipinski definition) is 5. The molecule has 1 aliphatic rings. The summed E-state index contributed by atoms with van der Waals surface area (Å²) < 4.78 is 6.32. The van der Waals surface area contributed by atoms with Crippen LogP contribution in [0.5, 0.6) is 0 Å². The van der Waals surface area contributed by atoms with Gasteiger partial charge in [-0.2, -0.15) is 0 Å². The number of rotatable bonds is 0. The molecule has 51 valence electrons. The summed E-state index contributed by atoms with van der Waals surface area (Å²) >= 11 is 0. The van der Waals surface area contributed by atoms with Crippen molar-refractivity contribution in [1.82, 2.24) is 0 Å². The molecule has 5 nitrogen and oxygen atoms in total. The van der Waals surface area contributed by atoms with E-state index in [1.54, 1.807) is 0 Å². The van der Waals surface area contributed by atoms with Crippen molar-refractivity contribution in [2.45, 2.75) is 0 Å². The molecule has 8 heteroatoms. The van der Waals surface area contributed by atoms with Gasteiger partial charge in [0.05, 0.1) is 0 Å². The molecule has 0 aromatic rings. The molecular weight excluding hydrogens is 266 g/mol. The summed E-state index contributed by atoms with van der Waals surface area (Å²) in [5, 5.41) is 0. The van der Waals surface area contributed by atoms with Crippen LogP contribution in [0.1, 0.15) is 0 Å². The van der Waals surface area contributed by atoms with Crippen molar-refractivity contribution in [3.05, 3.63) is 0 Å². The van der Waals surface area contributed by atoms with E-state index < -0.39 is 7.74 Å². The van der Waals surface area contributed by atoms with Gasteiger partial charge in [-0.1, -0.05) is 0 Å². The molecule has 0 aromatic carbocycles. The molecule has 1 saturated heterocycles. The second-order valence-corrected chi connectivity index (χ2v) is 2.77. The van der Waals surface area contributed by atoms with Crippen molar-refractivity contribution in [3.8, 4) is 0 Å². The third kappa shape index (κ3) is 4.32. The minimum absolute atomic E-state index is 0. The predicted octanol–water partition coefficient (Wildman–Crippen LogP) is -2.22. The molecule has 0 aliphatic carbocycles. The van der Waals surface area contributed by atoms with Gasteiger partial charge in [-0.25, -0.2) is 0 Å². The third-order valence-corrected chi connectivity index (χ3v) is 0.789. The summed E-state index contributed by atoms with van der Waals surface area (Å²) in [6.45, 7) is 0. The van der Waals surface area contributed by atoms with Gasteiger partial charge in [-0.3, -0.25) is 0 Å².